The first-order valence-corrected chi connectivity index (χ1v) is 6.64. The minimum atomic E-state index is -0.981. The number of hydrogen-bond donors (Lipinski definition) is 2. The van der Waals surface area contributed by atoms with Crippen molar-refractivity contribution in [3.63, 3.8) is 0 Å². The summed E-state index contributed by atoms with van der Waals surface area (Å²) in [6.45, 7) is 1.64. The van der Waals surface area contributed by atoms with Crippen molar-refractivity contribution in [3.05, 3.63) is 0 Å². The highest BCUT2D eigenvalue weighted by atomic mass is 16.4. The van der Waals surface area contributed by atoms with E-state index in [2.05, 4.69) is 5.32 Å². The summed E-state index contributed by atoms with van der Waals surface area (Å²) in [5, 5.41) is 11.5. The maximum absolute atomic E-state index is 11.2. The molecule has 0 aromatic carbocycles. The largest absolute Gasteiger partial charge is 0.465 e. The summed E-state index contributed by atoms with van der Waals surface area (Å²) < 4.78 is 0. The molecular formula is C13H20N2O4. The summed E-state index contributed by atoms with van der Waals surface area (Å²) in [5.74, 6) is -0.0208. The van der Waals surface area contributed by atoms with E-state index in [-0.39, 0.29) is 23.4 Å². The number of nitrogens with one attached hydrogen (secondary N) is 1. The van der Waals surface area contributed by atoms with Gasteiger partial charge in [-0.3, -0.25) is 9.59 Å². The Morgan fingerprint density at radius 2 is 1.74 bits per heavy atom. The first-order valence-electron chi connectivity index (χ1n) is 6.64. The number of hydrogen-bond acceptors (Lipinski definition) is 3. The van der Waals surface area contributed by atoms with Gasteiger partial charge in [0.25, 0.3) is 0 Å². The Morgan fingerprint density at radius 3 is 2.11 bits per heavy atom. The van der Waals surface area contributed by atoms with E-state index >= 15 is 0 Å². The summed E-state index contributed by atoms with van der Waals surface area (Å²) in [6, 6.07) is 0. The lowest BCUT2D eigenvalue weighted by atomic mass is 9.61. The molecule has 6 nitrogen and oxygen atoms in total. The van der Waals surface area contributed by atoms with Crippen LogP contribution in [0, 0.1) is 0 Å². The number of ketones is 1. The van der Waals surface area contributed by atoms with Crippen LogP contribution in [-0.4, -0.2) is 45.9 Å². The number of carbonyl (C=O) groups is 3. The lowest BCUT2D eigenvalue weighted by Gasteiger charge is -2.56. The van der Waals surface area contributed by atoms with Crippen LogP contribution in [0.25, 0.3) is 0 Å². The maximum Gasteiger partial charge on any atom is 0.405 e. The van der Waals surface area contributed by atoms with Crippen molar-refractivity contribution < 1.29 is 19.5 Å². The Morgan fingerprint density at radius 1 is 1.21 bits per heavy atom. The van der Waals surface area contributed by atoms with Crippen molar-refractivity contribution >= 4 is 18.3 Å². The summed E-state index contributed by atoms with van der Waals surface area (Å²) in [5.41, 5.74) is -0.562. The van der Waals surface area contributed by atoms with E-state index in [9.17, 15) is 14.4 Å². The first-order chi connectivity index (χ1) is 8.91. The van der Waals surface area contributed by atoms with Crippen LogP contribution in [0.5, 0.6) is 0 Å². The third kappa shape index (κ3) is 2.57. The van der Waals surface area contributed by atoms with Gasteiger partial charge < -0.3 is 15.3 Å². The van der Waals surface area contributed by atoms with E-state index in [1.165, 1.54) is 6.92 Å². The van der Waals surface area contributed by atoms with Gasteiger partial charge in [-0.25, -0.2) is 4.79 Å². The van der Waals surface area contributed by atoms with Gasteiger partial charge in [-0.15, -0.1) is 0 Å². The van der Waals surface area contributed by atoms with E-state index in [0.29, 0.717) is 0 Å². The second-order valence-corrected chi connectivity index (χ2v) is 5.87. The number of nitrogens with zero attached hydrogens (tertiary/aromatic N) is 1. The fraction of sp³-hybridized carbons (Fsp3) is 0.769. The lowest BCUT2D eigenvalue weighted by Crippen LogP contribution is -2.63. The maximum atomic E-state index is 11.2. The molecule has 0 unspecified atom stereocenters. The molecule has 0 radical (unpaired) electrons. The van der Waals surface area contributed by atoms with Crippen LogP contribution in [0.1, 0.15) is 45.4 Å². The minimum Gasteiger partial charge on any atom is -0.465 e. The Bertz CT molecular complexity index is 383. The molecule has 3 rings (SSSR count). The highest BCUT2D eigenvalue weighted by Gasteiger charge is 2.51. The number of fused-ring (bicyclic) bond motifs is 3. The monoisotopic (exact) mass is 268 g/mol. The smallest absolute Gasteiger partial charge is 0.405 e. The third-order valence-corrected chi connectivity index (χ3v) is 4.71. The van der Waals surface area contributed by atoms with Crippen LogP contribution >= 0.6 is 0 Å². The molecule has 0 aliphatic heterocycles. The molecule has 3 aliphatic rings. The zero-order valence-electron chi connectivity index (χ0n) is 11.1. The van der Waals surface area contributed by atoms with Crippen LogP contribution in [0.3, 0.4) is 0 Å². The van der Waals surface area contributed by atoms with Crippen molar-refractivity contribution in [2.24, 2.45) is 0 Å². The van der Waals surface area contributed by atoms with Gasteiger partial charge in [0.15, 0.2) is 0 Å². The van der Waals surface area contributed by atoms with Crippen LogP contribution < -0.4 is 5.32 Å². The Labute approximate surface area is 112 Å². The van der Waals surface area contributed by atoms with Gasteiger partial charge >= 0.3 is 6.09 Å². The second kappa shape index (κ2) is 4.83. The van der Waals surface area contributed by atoms with Gasteiger partial charge in [0.05, 0.1) is 6.54 Å². The van der Waals surface area contributed by atoms with Gasteiger partial charge in [0.2, 0.25) is 6.41 Å². The number of amides is 2. The van der Waals surface area contributed by atoms with Crippen molar-refractivity contribution in [3.8, 4) is 0 Å². The molecule has 3 saturated carbocycles. The van der Waals surface area contributed by atoms with Crippen LogP contribution in [0.4, 0.5) is 4.79 Å². The van der Waals surface area contributed by atoms with E-state index in [1.807, 2.05) is 0 Å². The van der Waals surface area contributed by atoms with Crippen molar-refractivity contribution in [1.29, 1.82) is 0 Å². The number of carbonyl (C=O) groups excluding carboxylic acids is 2. The van der Waals surface area contributed by atoms with E-state index in [1.54, 1.807) is 4.90 Å². The summed E-state index contributed by atoms with van der Waals surface area (Å²) >= 11 is 0. The van der Waals surface area contributed by atoms with Crippen molar-refractivity contribution in [2.45, 2.75) is 56.5 Å². The molecule has 2 bridgehead atoms. The molecule has 3 aliphatic carbocycles. The predicted octanol–water partition coefficient (Wildman–Crippen LogP) is 1.15. The fourth-order valence-electron chi connectivity index (χ4n) is 3.57. The van der Waals surface area contributed by atoms with Crippen molar-refractivity contribution in [1.82, 2.24) is 10.2 Å². The van der Waals surface area contributed by atoms with Crippen LogP contribution in [0.15, 0.2) is 0 Å². The molecule has 106 valence electrons. The molecule has 2 amide bonds. The average molecular weight is 268 g/mol. The Balaban J connectivity index is 2.09. The molecule has 0 saturated heterocycles. The van der Waals surface area contributed by atoms with Gasteiger partial charge in [0.1, 0.15) is 5.78 Å². The molecule has 0 aromatic rings. The van der Waals surface area contributed by atoms with Crippen molar-refractivity contribution in [2.75, 3.05) is 6.54 Å². The van der Waals surface area contributed by atoms with Gasteiger partial charge in [-0.2, -0.15) is 0 Å². The molecule has 0 atom stereocenters. The van der Waals surface area contributed by atoms with Gasteiger partial charge in [-0.05, 0) is 45.4 Å². The Kier molecular flexibility index (Phi) is 3.52. The highest BCUT2D eigenvalue weighted by molar-refractivity contribution is 5.79. The summed E-state index contributed by atoms with van der Waals surface area (Å²) in [7, 11) is 0. The SMILES string of the molecule is CC(=O)CN(C=O)C12CCC(NC(=O)O)(CC1)CC2. The zero-order chi connectivity index (χ0) is 14.1. The summed E-state index contributed by atoms with van der Waals surface area (Å²) in [4.78, 5) is 35.0. The second-order valence-electron chi connectivity index (χ2n) is 5.87. The number of Topliss-reactive ketones (excluding diaryl/α,β-unsaturated/α-hetero) is 1. The molecule has 3 fully saturated rings. The normalized spacial score (nSPS) is 32.7. The number of carboxylic acid groups (broad SMARTS) is 1. The predicted molar refractivity (Wildman–Crippen MR) is 67.8 cm³/mol. The van der Waals surface area contributed by atoms with E-state index < -0.39 is 6.09 Å². The molecule has 0 aromatic heterocycles. The Hall–Kier alpha value is -1.59. The van der Waals surface area contributed by atoms with E-state index in [0.717, 1.165) is 44.9 Å². The average Bonchev–Trinajstić information content (AvgIpc) is 2.36. The van der Waals surface area contributed by atoms with E-state index in [4.69, 9.17) is 5.11 Å². The lowest BCUT2D eigenvalue weighted by molar-refractivity contribution is -0.136. The minimum absolute atomic E-state index is 0.0208. The molecule has 6 heteroatoms. The third-order valence-electron chi connectivity index (χ3n) is 4.71. The van der Waals surface area contributed by atoms with Crippen LogP contribution in [-0.2, 0) is 9.59 Å². The molecule has 0 spiro atoms. The van der Waals surface area contributed by atoms with Gasteiger partial charge in [-0.1, -0.05) is 0 Å². The standard InChI is InChI=1S/C13H20N2O4/c1-10(17)8-15(9-16)13-5-2-12(3-6-13,4-7-13)14-11(18)19/h9,14H,2-8H2,1H3,(H,18,19). The quantitative estimate of drug-likeness (QED) is 0.732. The zero-order valence-corrected chi connectivity index (χ0v) is 11.1. The molecule has 2 N–H and O–H groups in total. The highest BCUT2D eigenvalue weighted by Crippen LogP contribution is 2.49. The summed E-state index contributed by atoms with van der Waals surface area (Å²) in [6.07, 6.45) is 4.29. The fourth-order valence-corrected chi connectivity index (χ4v) is 3.57. The van der Waals surface area contributed by atoms with Gasteiger partial charge in [0, 0.05) is 11.1 Å². The molecular weight excluding hydrogens is 248 g/mol. The molecule has 0 heterocycles. The molecule has 19 heavy (non-hydrogen) atoms. The number of rotatable bonds is 5. The van der Waals surface area contributed by atoms with Crippen LogP contribution in [0.2, 0.25) is 0 Å². The topological polar surface area (TPSA) is 86.7 Å². The first kappa shape index (κ1) is 13.8.